The number of carbonyl (C=O) groups excluding carboxylic acids is 4. The highest BCUT2D eigenvalue weighted by molar-refractivity contribution is 6.09. The summed E-state index contributed by atoms with van der Waals surface area (Å²) in [6, 6.07) is 1.88. The number of rotatable bonds is 6. The largest absolute Gasteiger partial charge is 0.454 e. The maximum Gasteiger partial charge on any atom is 0.326 e. The highest BCUT2D eigenvalue weighted by Crippen LogP contribution is 2.38. The summed E-state index contributed by atoms with van der Waals surface area (Å²) in [5, 5.41) is 15.8. The second kappa shape index (κ2) is 8.66. The maximum atomic E-state index is 13.2. The van der Waals surface area contributed by atoms with E-state index in [1.54, 1.807) is 0 Å². The smallest absolute Gasteiger partial charge is 0.326 e. The molecule has 0 unspecified atom stereocenters. The van der Waals surface area contributed by atoms with E-state index in [9.17, 15) is 33.7 Å². The van der Waals surface area contributed by atoms with E-state index in [1.807, 2.05) is 6.92 Å². The van der Waals surface area contributed by atoms with Crippen LogP contribution in [-0.2, 0) is 19.1 Å². The molecular formula is C19H21FN4O7. The fourth-order valence-corrected chi connectivity index (χ4v) is 3.91. The van der Waals surface area contributed by atoms with Gasteiger partial charge in [0.25, 0.3) is 17.5 Å². The van der Waals surface area contributed by atoms with Crippen molar-refractivity contribution in [3.05, 3.63) is 34.1 Å². The fourth-order valence-electron chi connectivity index (χ4n) is 3.91. The van der Waals surface area contributed by atoms with Crippen LogP contribution in [-0.4, -0.2) is 52.3 Å². The van der Waals surface area contributed by atoms with E-state index in [-0.39, 0.29) is 11.6 Å². The second-order valence-corrected chi connectivity index (χ2v) is 7.57. The first-order valence-electron chi connectivity index (χ1n) is 9.67. The minimum Gasteiger partial charge on any atom is -0.454 e. The van der Waals surface area contributed by atoms with E-state index in [2.05, 4.69) is 10.6 Å². The van der Waals surface area contributed by atoms with Gasteiger partial charge in [-0.05, 0) is 30.9 Å². The molecule has 12 heteroatoms. The number of imide groups is 1. The Kier molecular flexibility index (Phi) is 6.18. The topological polar surface area (TPSA) is 148 Å². The lowest BCUT2D eigenvalue weighted by molar-refractivity contribution is -0.384. The van der Waals surface area contributed by atoms with Crippen LogP contribution in [0.4, 0.5) is 20.6 Å². The first kappa shape index (κ1) is 22.1. The summed E-state index contributed by atoms with van der Waals surface area (Å²) in [7, 11) is 0. The van der Waals surface area contributed by atoms with E-state index in [4.69, 9.17) is 4.74 Å². The molecule has 0 aromatic heterocycles. The predicted octanol–water partition coefficient (Wildman–Crippen LogP) is 1.72. The van der Waals surface area contributed by atoms with Crippen molar-refractivity contribution in [2.24, 2.45) is 5.92 Å². The first-order chi connectivity index (χ1) is 14.6. The molecule has 1 aromatic carbocycles. The van der Waals surface area contributed by atoms with Gasteiger partial charge in [-0.2, -0.15) is 0 Å². The summed E-state index contributed by atoms with van der Waals surface area (Å²) >= 11 is 0. The summed E-state index contributed by atoms with van der Waals surface area (Å²) in [6.07, 6.45) is 3.00. The predicted molar refractivity (Wildman–Crippen MR) is 103 cm³/mol. The number of nitro benzene ring substituents is 1. The van der Waals surface area contributed by atoms with Crippen LogP contribution in [0.1, 0.15) is 32.6 Å². The average molecular weight is 436 g/mol. The van der Waals surface area contributed by atoms with Crippen LogP contribution in [0.2, 0.25) is 0 Å². The minimum absolute atomic E-state index is 0.0731. The van der Waals surface area contributed by atoms with E-state index >= 15 is 0 Å². The number of anilines is 1. The molecule has 3 rings (SSSR count). The Morgan fingerprint density at radius 1 is 1.39 bits per heavy atom. The van der Waals surface area contributed by atoms with Gasteiger partial charge in [-0.15, -0.1) is 0 Å². The number of ether oxygens (including phenoxy) is 1. The van der Waals surface area contributed by atoms with Gasteiger partial charge in [0.1, 0.15) is 23.6 Å². The molecule has 4 amide bonds. The lowest BCUT2D eigenvalue weighted by Crippen LogP contribution is -2.54. The van der Waals surface area contributed by atoms with Crippen LogP contribution in [0.3, 0.4) is 0 Å². The van der Waals surface area contributed by atoms with Gasteiger partial charge in [-0.25, -0.2) is 9.18 Å². The summed E-state index contributed by atoms with van der Waals surface area (Å²) in [5.41, 5.74) is -1.95. The van der Waals surface area contributed by atoms with Gasteiger partial charge in [0.2, 0.25) is 0 Å². The molecule has 31 heavy (non-hydrogen) atoms. The number of amides is 4. The lowest BCUT2D eigenvalue weighted by atomic mass is 9.73. The zero-order valence-corrected chi connectivity index (χ0v) is 16.7. The SMILES string of the molecule is C[C@@H]1CCCC[C@]12NC(=O)N(CC(=O)OCC(=O)Nc1ccc(F)cc1[N+](=O)[O-])C2=O. The van der Waals surface area contributed by atoms with E-state index in [0.717, 1.165) is 36.3 Å². The number of halogens is 1. The molecule has 1 aliphatic heterocycles. The fraction of sp³-hybridized carbons (Fsp3) is 0.474. The Balaban J connectivity index is 1.56. The molecule has 1 heterocycles. The first-order valence-corrected chi connectivity index (χ1v) is 9.67. The summed E-state index contributed by atoms with van der Waals surface area (Å²) < 4.78 is 18.0. The Morgan fingerprint density at radius 3 is 2.81 bits per heavy atom. The molecule has 1 aliphatic carbocycles. The highest BCUT2D eigenvalue weighted by Gasteiger charge is 2.55. The van der Waals surface area contributed by atoms with E-state index in [1.165, 1.54) is 0 Å². The van der Waals surface area contributed by atoms with Gasteiger partial charge in [0, 0.05) is 0 Å². The van der Waals surface area contributed by atoms with Crippen LogP contribution in [0, 0.1) is 21.8 Å². The molecule has 2 N–H and O–H groups in total. The summed E-state index contributed by atoms with van der Waals surface area (Å²) in [5.74, 6) is -3.32. The number of benzene rings is 1. The average Bonchev–Trinajstić information content (AvgIpc) is 2.95. The molecular weight excluding hydrogens is 415 g/mol. The molecule has 2 atom stereocenters. The third kappa shape index (κ3) is 4.47. The highest BCUT2D eigenvalue weighted by atomic mass is 19.1. The quantitative estimate of drug-likeness (QED) is 0.298. The van der Waals surface area contributed by atoms with Crippen molar-refractivity contribution in [3.8, 4) is 0 Å². The van der Waals surface area contributed by atoms with Crippen molar-refractivity contribution in [3.63, 3.8) is 0 Å². The zero-order chi connectivity index (χ0) is 22.8. The van der Waals surface area contributed by atoms with E-state index in [0.29, 0.717) is 12.5 Å². The second-order valence-electron chi connectivity index (χ2n) is 7.57. The maximum absolute atomic E-state index is 13.2. The van der Waals surface area contributed by atoms with E-state index < -0.39 is 58.9 Å². The number of esters is 1. The Bertz CT molecular complexity index is 953. The van der Waals surface area contributed by atoms with Crippen LogP contribution < -0.4 is 10.6 Å². The van der Waals surface area contributed by atoms with Crippen molar-refractivity contribution in [2.45, 2.75) is 38.1 Å². The van der Waals surface area contributed by atoms with Gasteiger partial charge in [-0.1, -0.05) is 19.8 Å². The Labute approximate surface area is 176 Å². The van der Waals surface area contributed by atoms with Gasteiger partial charge in [0.15, 0.2) is 6.61 Å². The molecule has 1 saturated carbocycles. The molecule has 2 aliphatic rings. The standard InChI is InChI=1S/C19H21FN4O7/c1-11-4-2-3-7-19(11)17(27)23(18(28)22-19)9-16(26)31-10-15(25)21-13-6-5-12(20)8-14(13)24(29)30/h5-6,8,11H,2-4,7,9-10H2,1H3,(H,21,25)(H,22,28)/t11-,19+/m1/s1. The Morgan fingerprint density at radius 2 is 2.13 bits per heavy atom. The molecule has 2 fully saturated rings. The third-order valence-electron chi connectivity index (χ3n) is 5.58. The van der Waals surface area contributed by atoms with Gasteiger partial charge in [-0.3, -0.25) is 29.4 Å². The molecule has 11 nitrogen and oxygen atoms in total. The number of nitrogens with zero attached hydrogens (tertiary/aromatic N) is 2. The summed E-state index contributed by atoms with van der Waals surface area (Å²) in [4.78, 5) is 60.0. The normalized spacial score (nSPS) is 22.9. The third-order valence-corrected chi connectivity index (χ3v) is 5.58. The van der Waals surface area contributed by atoms with Crippen LogP contribution in [0.5, 0.6) is 0 Å². The minimum atomic E-state index is -1.02. The van der Waals surface area contributed by atoms with Crippen LogP contribution in [0.25, 0.3) is 0 Å². The number of nitro groups is 1. The molecule has 0 bridgehead atoms. The molecule has 1 aromatic rings. The number of nitrogens with one attached hydrogen (secondary N) is 2. The zero-order valence-electron chi connectivity index (χ0n) is 16.7. The number of hydrogen-bond acceptors (Lipinski definition) is 7. The van der Waals surface area contributed by atoms with Gasteiger partial charge in [0.05, 0.1) is 11.0 Å². The summed E-state index contributed by atoms with van der Waals surface area (Å²) in [6.45, 7) is 0.403. The van der Waals surface area contributed by atoms with Crippen molar-refractivity contribution in [1.82, 2.24) is 10.2 Å². The van der Waals surface area contributed by atoms with Gasteiger partial charge >= 0.3 is 12.0 Å². The lowest BCUT2D eigenvalue weighted by Gasteiger charge is -2.36. The molecule has 1 spiro atoms. The number of carbonyl (C=O) groups is 4. The van der Waals surface area contributed by atoms with Crippen LogP contribution in [0.15, 0.2) is 18.2 Å². The van der Waals surface area contributed by atoms with Crippen molar-refractivity contribution < 1.29 is 33.2 Å². The van der Waals surface area contributed by atoms with Crippen LogP contribution >= 0.6 is 0 Å². The number of urea groups is 1. The molecule has 166 valence electrons. The Hall–Kier alpha value is -3.57. The monoisotopic (exact) mass is 436 g/mol. The molecule has 0 radical (unpaired) electrons. The van der Waals surface area contributed by atoms with Crippen molar-refractivity contribution >= 4 is 35.2 Å². The molecule has 1 saturated heterocycles. The van der Waals surface area contributed by atoms with Gasteiger partial charge < -0.3 is 15.4 Å². The number of hydrogen-bond donors (Lipinski definition) is 2. The van der Waals surface area contributed by atoms with Crippen molar-refractivity contribution in [1.29, 1.82) is 0 Å². The van der Waals surface area contributed by atoms with Crippen molar-refractivity contribution in [2.75, 3.05) is 18.5 Å².